The molecule has 240 valence electrons. The van der Waals surface area contributed by atoms with Crippen LogP contribution in [0.2, 0.25) is 0 Å². The number of benzene rings is 2. The molecule has 18 heteroatoms. The van der Waals surface area contributed by atoms with E-state index in [2.05, 4.69) is 14.7 Å². The predicted octanol–water partition coefficient (Wildman–Crippen LogP) is 3.67. The molecular formula is C26H30F3N6O8S-. The minimum absolute atomic E-state index is 0.120. The van der Waals surface area contributed by atoms with E-state index >= 15 is 0 Å². The number of rotatable bonds is 14. The molecule has 2 aromatic carbocycles. The topological polar surface area (TPSA) is 167 Å². The molecule has 1 amide bonds. The number of amides is 1. The third-order valence-corrected chi connectivity index (χ3v) is 7.12. The predicted molar refractivity (Wildman–Crippen MR) is 148 cm³/mol. The van der Waals surface area contributed by atoms with E-state index in [4.69, 9.17) is 4.74 Å². The zero-order valence-electron chi connectivity index (χ0n) is 23.8. The summed E-state index contributed by atoms with van der Waals surface area (Å²) in [5, 5.41) is 16.6. The number of hydrogen-bond donors (Lipinski definition) is 2. The molecule has 0 unspecified atom stereocenters. The number of carbonyl (C=O) groups is 2. The first kappa shape index (κ1) is 34.4. The molecule has 0 saturated carbocycles. The molecule has 2 N–H and O–H groups in total. The van der Waals surface area contributed by atoms with Crippen LogP contribution in [-0.4, -0.2) is 67.5 Å². The Balaban J connectivity index is 1.57. The summed E-state index contributed by atoms with van der Waals surface area (Å²) in [4.78, 5) is 27.6. The van der Waals surface area contributed by atoms with Crippen LogP contribution in [0.25, 0.3) is 16.9 Å². The molecule has 0 radical (unpaired) electrons. The van der Waals surface area contributed by atoms with Crippen molar-refractivity contribution in [1.29, 1.82) is 0 Å². The van der Waals surface area contributed by atoms with Crippen LogP contribution >= 0.6 is 0 Å². The van der Waals surface area contributed by atoms with Crippen LogP contribution in [0.1, 0.15) is 31.0 Å². The molecule has 3 aromatic rings. The van der Waals surface area contributed by atoms with E-state index in [1.165, 1.54) is 19.2 Å². The molecule has 0 aliphatic carbocycles. The second-order valence-electron chi connectivity index (χ2n) is 9.20. The molecule has 1 heterocycles. The lowest BCUT2D eigenvalue weighted by Crippen LogP contribution is -2.46. The van der Waals surface area contributed by atoms with Crippen molar-refractivity contribution in [3.63, 3.8) is 0 Å². The number of hydrogen-bond acceptors (Lipinski definition) is 12. The molecule has 0 fully saturated rings. The maximum absolute atomic E-state index is 13.4. The highest BCUT2D eigenvalue weighted by Crippen LogP contribution is 2.33. The molecular weight excluding hydrogens is 613 g/mol. The monoisotopic (exact) mass is 643 g/mol. The van der Waals surface area contributed by atoms with Gasteiger partial charge in [-0.3, -0.25) is 4.79 Å². The number of aromatic nitrogens is 2. The van der Waals surface area contributed by atoms with Gasteiger partial charge in [0.15, 0.2) is 5.69 Å². The largest absolute Gasteiger partial charge is 0.756 e. The third-order valence-electron chi connectivity index (χ3n) is 5.79. The zero-order valence-corrected chi connectivity index (χ0v) is 24.6. The number of halogens is 3. The van der Waals surface area contributed by atoms with E-state index in [1.807, 2.05) is 12.5 Å². The number of hydrazine groups is 2. The molecule has 1 aromatic heterocycles. The van der Waals surface area contributed by atoms with Gasteiger partial charge >= 0.3 is 18.2 Å². The van der Waals surface area contributed by atoms with Gasteiger partial charge < -0.3 is 14.7 Å². The Kier molecular flexibility index (Phi) is 11.8. The van der Waals surface area contributed by atoms with E-state index in [0.29, 0.717) is 12.0 Å². The molecule has 0 saturated heterocycles. The maximum atomic E-state index is 13.4. The van der Waals surface area contributed by atoms with Crippen molar-refractivity contribution in [3.05, 3.63) is 71.1 Å². The minimum atomic E-state index is -4.71. The van der Waals surface area contributed by atoms with Crippen LogP contribution in [0.15, 0.2) is 59.5 Å². The van der Waals surface area contributed by atoms with Gasteiger partial charge in [0.25, 0.3) is 10.0 Å². The summed E-state index contributed by atoms with van der Waals surface area (Å²) >= 11 is 0. The first-order chi connectivity index (χ1) is 20.7. The van der Waals surface area contributed by atoms with E-state index in [-0.39, 0.29) is 34.5 Å². The lowest BCUT2D eigenvalue weighted by atomic mass is 10.1. The summed E-state index contributed by atoms with van der Waals surface area (Å²) in [5.74, 6) is -0.505. The zero-order chi connectivity index (χ0) is 32.5. The first-order valence-corrected chi connectivity index (χ1v) is 14.4. The fraction of sp³-hybridized carbons (Fsp3) is 0.346. The van der Waals surface area contributed by atoms with Gasteiger partial charge in [0.1, 0.15) is 6.61 Å². The van der Waals surface area contributed by atoms with Crippen molar-refractivity contribution < 1.29 is 45.5 Å². The van der Waals surface area contributed by atoms with E-state index in [0.717, 1.165) is 33.5 Å². The van der Waals surface area contributed by atoms with Gasteiger partial charge in [-0.2, -0.15) is 18.3 Å². The molecule has 0 bridgehead atoms. The van der Waals surface area contributed by atoms with Crippen molar-refractivity contribution in [2.45, 2.75) is 37.8 Å². The third kappa shape index (κ3) is 9.73. The second-order valence-corrected chi connectivity index (χ2v) is 10.9. The molecule has 0 spiro atoms. The summed E-state index contributed by atoms with van der Waals surface area (Å²) in [6, 6.07) is 12.3. The fourth-order valence-corrected chi connectivity index (χ4v) is 4.39. The summed E-state index contributed by atoms with van der Waals surface area (Å²) in [6.45, 7) is 2.50. The summed E-state index contributed by atoms with van der Waals surface area (Å²) in [6.07, 6.45) is -5.28. The Morgan fingerprint density at radius 1 is 1.07 bits per heavy atom. The van der Waals surface area contributed by atoms with Gasteiger partial charge in [-0.05, 0) is 43.7 Å². The number of carbonyl (C=O) groups excluding carboxylic acids is 2. The number of nitrogens with one attached hydrogen (secondary N) is 2. The molecule has 14 nitrogen and oxygen atoms in total. The number of sulfonamides is 1. The van der Waals surface area contributed by atoms with Gasteiger partial charge in [0.05, 0.1) is 16.3 Å². The fourth-order valence-electron chi connectivity index (χ4n) is 3.50. The number of esters is 1. The van der Waals surface area contributed by atoms with Crippen LogP contribution in [0.3, 0.4) is 0 Å². The van der Waals surface area contributed by atoms with Crippen molar-refractivity contribution in [3.8, 4) is 16.9 Å². The number of aryl methyl sites for hydroxylation is 1. The van der Waals surface area contributed by atoms with E-state index in [1.54, 1.807) is 35.9 Å². The van der Waals surface area contributed by atoms with E-state index in [9.17, 15) is 36.4 Å². The molecule has 0 aliphatic heterocycles. The van der Waals surface area contributed by atoms with Crippen molar-refractivity contribution in [2.24, 2.45) is 0 Å². The molecule has 44 heavy (non-hydrogen) atoms. The summed E-state index contributed by atoms with van der Waals surface area (Å²) in [7, 11) is -3.13. The summed E-state index contributed by atoms with van der Waals surface area (Å²) < 4.78 is 77.9. The quantitative estimate of drug-likeness (QED) is 0.113. The smallest absolute Gasteiger partial charge is 0.435 e. The SMILES string of the molecule is CCCC(=O)OCONN([O-])N(C)CCOC(=O)NS(=O)(=O)c1ccc(-n2nc(C(F)(F)F)cc2-c2ccc(C)cc2)cc1. The standard InChI is InChI=1S/C26H30F3N6O8S/c1-4-5-24(36)42-17-43-32-35(38)33(3)14-15-41-25(37)31-44(39,40)21-12-10-20(11-13-21)34-22(16-23(30-34)26(27,28)29)19-8-6-18(2)7-9-19/h6-13,16,32H,4-5,14-15,17H2,1-3H3,(H,31,37)/q-1. The maximum Gasteiger partial charge on any atom is 0.435 e. The first-order valence-electron chi connectivity index (χ1n) is 13.0. The highest BCUT2D eigenvalue weighted by molar-refractivity contribution is 7.90. The Hall–Kier alpha value is -4.07. The molecule has 3 rings (SSSR count). The van der Waals surface area contributed by atoms with Gasteiger partial charge in [0, 0.05) is 25.6 Å². The Bertz CT molecular complexity index is 1520. The molecule has 0 aliphatic rings. The second kappa shape index (κ2) is 15.1. The van der Waals surface area contributed by atoms with Gasteiger partial charge in [-0.1, -0.05) is 36.8 Å². The van der Waals surface area contributed by atoms with Crippen molar-refractivity contribution in [2.75, 3.05) is 27.0 Å². The van der Waals surface area contributed by atoms with Crippen molar-refractivity contribution in [1.82, 2.24) is 30.4 Å². The Morgan fingerprint density at radius 3 is 2.34 bits per heavy atom. The van der Waals surface area contributed by atoms with Crippen LogP contribution in [-0.2, 0) is 35.3 Å². The number of likely N-dealkylation sites (N-methyl/N-ethyl adjacent to an activating group) is 1. The lowest BCUT2D eigenvalue weighted by molar-refractivity contribution is -0.203. The average molecular weight is 644 g/mol. The van der Waals surface area contributed by atoms with Crippen LogP contribution < -0.4 is 10.3 Å². The van der Waals surface area contributed by atoms with Gasteiger partial charge in [-0.15, -0.1) is 5.59 Å². The highest BCUT2D eigenvalue weighted by atomic mass is 32.2. The van der Waals surface area contributed by atoms with Crippen LogP contribution in [0.5, 0.6) is 0 Å². The lowest BCUT2D eigenvalue weighted by Gasteiger charge is -2.35. The van der Waals surface area contributed by atoms with Crippen LogP contribution in [0.4, 0.5) is 18.0 Å². The normalized spacial score (nSPS) is 12.0. The van der Waals surface area contributed by atoms with Gasteiger partial charge in [0.2, 0.25) is 6.79 Å². The number of nitrogens with zero attached hydrogens (tertiary/aromatic N) is 4. The van der Waals surface area contributed by atoms with Crippen LogP contribution in [0, 0.1) is 12.1 Å². The minimum Gasteiger partial charge on any atom is -0.756 e. The van der Waals surface area contributed by atoms with Gasteiger partial charge in [-0.25, -0.2) is 37.7 Å². The average Bonchev–Trinajstić information content (AvgIpc) is 3.42. The van der Waals surface area contributed by atoms with E-state index < -0.39 is 47.4 Å². The Morgan fingerprint density at radius 2 is 1.73 bits per heavy atom. The number of ether oxygens (including phenoxy) is 2. The summed E-state index contributed by atoms with van der Waals surface area (Å²) in [5.41, 5.74) is 2.44. The number of alkyl halides is 3. The Labute approximate surface area is 250 Å². The molecule has 0 atom stereocenters. The highest BCUT2D eigenvalue weighted by Gasteiger charge is 2.35. The van der Waals surface area contributed by atoms with Crippen molar-refractivity contribution >= 4 is 22.1 Å².